The first-order valence-electron chi connectivity index (χ1n) is 6.97. The van der Waals surface area contributed by atoms with Crippen LogP contribution in [0.15, 0.2) is 0 Å². The van der Waals surface area contributed by atoms with Crippen molar-refractivity contribution in [1.29, 1.82) is 0 Å². The topological polar surface area (TPSA) is 24.9 Å². The molecule has 1 fully saturated rings. The van der Waals surface area contributed by atoms with E-state index in [9.17, 15) is 0 Å². The van der Waals surface area contributed by atoms with Crippen LogP contribution in [0, 0.1) is 0 Å². The first-order valence-corrected chi connectivity index (χ1v) is 7.78. The lowest BCUT2D eigenvalue weighted by atomic mass is 9.91. The SMILES string of the molecule is CC(C)NCC1CCCc2sc(C3CC3)nc21. The highest BCUT2D eigenvalue weighted by Crippen LogP contribution is 2.45. The van der Waals surface area contributed by atoms with Crippen LogP contribution in [0.4, 0.5) is 0 Å². The zero-order chi connectivity index (χ0) is 11.8. The Kier molecular flexibility index (Phi) is 3.22. The van der Waals surface area contributed by atoms with Gasteiger partial charge in [0.2, 0.25) is 0 Å². The van der Waals surface area contributed by atoms with E-state index in [-0.39, 0.29) is 0 Å². The molecule has 0 bridgehead atoms. The summed E-state index contributed by atoms with van der Waals surface area (Å²) in [6, 6.07) is 0.585. The van der Waals surface area contributed by atoms with Gasteiger partial charge in [0.15, 0.2) is 0 Å². The molecule has 17 heavy (non-hydrogen) atoms. The highest BCUT2D eigenvalue weighted by molar-refractivity contribution is 7.11. The van der Waals surface area contributed by atoms with Gasteiger partial charge in [0.05, 0.1) is 10.7 Å². The van der Waals surface area contributed by atoms with Gasteiger partial charge in [-0.05, 0) is 32.1 Å². The van der Waals surface area contributed by atoms with Crippen molar-refractivity contribution in [3.63, 3.8) is 0 Å². The number of aryl methyl sites for hydroxylation is 1. The normalized spacial score (nSPS) is 24.1. The second-order valence-electron chi connectivity index (χ2n) is 5.79. The minimum absolute atomic E-state index is 0.585. The molecule has 0 radical (unpaired) electrons. The fraction of sp³-hybridized carbons (Fsp3) is 0.786. The summed E-state index contributed by atoms with van der Waals surface area (Å²) < 4.78 is 0. The number of hydrogen-bond acceptors (Lipinski definition) is 3. The summed E-state index contributed by atoms with van der Waals surface area (Å²) in [4.78, 5) is 6.54. The average molecular weight is 250 g/mol. The molecule has 0 aliphatic heterocycles. The molecule has 3 heteroatoms. The Morgan fingerprint density at radius 1 is 1.35 bits per heavy atom. The average Bonchev–Trinajstić information content (AvgIpc) is 3.06. The van der Waals surface area contributed by atoms with E-state index in [0.29, 0.717) is 12.0 Å². The number of rotatable bonds is 4. The van der Waals surface area contributed by atoms with Crippen molar-refractivity contribution in [2.45, 2.75) is 63.8 Å². The van der Waals surface area contributed by atoms with Gasteiger partial charge in [0.1, 0.15) is 0 Å². The third kappa shape index (κ3) is 2.55. The molecule has 1 N–H and O–H groups in total. The first kappa shape index (κ1) is 11.7. The first-order chi connectivity index (χ1) is 8.24. The Morgan fingerprint density at radius 3 is 2.88 bits per heavy atom. The van der Waals surface area contributed by atoms with Crippen molar-refractivity contribution in [2.24, 2.45) is 0 Å². The lowest BCUT2D eigenvalue weighted by Crippen LogP contribution is -2.29. The highest BCUT2D eigenvalue weighted by Gasteiger charge is 2.31. The van der Waals surface area contributed by atoms with Gasteiger partial charge in [-0.1, -0.05) is 13.8 Å². The molecule has 3 rings (SSSR count). The second kappa shape index (κ2) is 4.69. The minimum atomic E-state index is 0.585. The molecule has 2 aliphatic carbocycles. The minimum Gasteiger partial charge on any atom is -0.314 e. The fourth-order valence-electron chi connectivity index (χ4n) is 2.61. The van der Waals surface area contributed by atoms with Gasteiger partial charge in [-0.2, -0.15) is 0 Å². The van der Waals surface area contributed by atoms with Crippen molar-refractivity contribution >= 4 is 11.3 Å². The summed E-state index contributed by atoms with van der Waals surface area (Å²) in [7, 11) is 0. The van der Waals surface area contributed by atoms with Crippen molar-refractivity contribution in [3.05, 3.63) is 15.6 Å². The molecule has 0 aromatic carbocycles. The molecule has 0 amide bonds. The molecular weight excluding hydrogens is 228 g/mol. The van der Waals surface area contributed by atoms with Crippen LogP contribution in [0.1, 0.15) is 66.9 Å². The maximum absolute atomic E-state index is 4.95. The summed E-state index contributed by atoms with van der Waals surface area (Å²) >= 11 is 2.01. The van der Waals surface area contributed by atoms with E-state index in [0.717, 1.165) is 12.5 Å². The van der Waals surface area contributed by atoms with E-state index in [4.69, 9.17) is 4.98 Å². The molecule has 0 spiro atoms. The molecule has 1 heterocycles. The number of aromatic nitrogens is 1. The third-order valence-electron chi connectivity index (χ3n) is 3.79. The Bertz CT molecular complexity index is 393. The number of fused-ring (bicyclic) bond motifs is 1. The predicted molar refractivity (Wildman–Crippen MR) is 72.9 cm³/mol. The maximum Gasteiger partial charge on any atom is 0.0962 e. The lowest BCUT2D eigenvalue weighted by Gasteiger charge is -2.22. The highest BCUT2D eigenvalue weighted by atomic mass is 32.1. The van der Waals surface area contributed by atoms with Crippen LogP contribution in [0.3, 0.4) is 0 Å². The van der Waals surface area contributed by atoms with Crippen LogP contribution in [0.2, 0.25) is 0 Å². The van der Waals surface area contributed by atoms with Gasteiger partial charge in [-0.3, -0.25) is 0 Å². The van der Waals surface area contributed by atoms with Crippen LogP contribution < -0.4 is 5.32 Å². The van der Waals surface area contributed by atoms with Gasteiger partial charge >= 0.3 is 0 Å². The summed E-state index contributed by atoms with van der Waals surface area (Å²) in [5, 5.41) is 5.01. The maximum atomic E-state index is 4.95. The number of thiazole rings is 1. The van der Waals surface area contributed by atoms with Gasteiger partial charge in [-0.15, -0.1) is 11.3 Å². The smallest absolute Gasteiger partial charge is 0.0962 e. The summed E-state index contributed by atoms with van der Waals surface area (Å²) in [6.45, 7) is 5.55. The molecule has 1 aromatic heterocycles. The van der Waals surface area contributed by atoms with E-state index in [2.05, 4.69) is 19.2 Å². The Labute approximate surface area is 108 Å². The van der Waals surface area contributed by atoms with Crippen molar-refractivity contribution < 1.29 is 0 Å². The van der Waals surface area contributed by atoms with E-state index in [1.165, 1.54) is 42.8 Å². The van der Waals surface area contributed by atoms with Gasteiger partial charge in [0, 0.05) is 29.3 Å². The standard InChI is InChI=1S/C14H22N2S/c1-9(2)15-8-11-4-3-5-12-13(11)16-14(17-12)10-6-7-10/h9-11,15H,3-8H2,1-2H3. The van der Waals surface area contributed by atoms with E-state index < -0.39 is 0 Å². The molecule has 94 valence electrons. The molecule has 2 nitrogen and oxygen atoms in total. The predicted octanol–water partition coefficient (Wildman–Crippen LogP) is 3.44. The Morgan fingerprint density at radius 2 is 2.18 bits per heavy atom. The van der Waals surface area contributed by atoms with E-state index >= 15 is 0 Å². The Balaban J connectivity index is 1.75. The van der Waals surface area contributed by atoms with Crippen LogP contribution in [0.5, 0.6) is 0 Å². The molecule has 1 atom stereocenters. The van der Waals surface area contributed by atoms with Crippen molar-refractivity contribution in [1.82, 2.24) is 10.3 Å². The number of nitrogens with zero attached hydrogens (tertiary/aromatic N) is 1. The van der Waals surface area contributed by atoms with Crippen molar-refractivity contribution in [3.8, 4) is 0 Å². The number of nitrogens with one attached hydrogen (secondary N) is 1. The van der Waals surface area contributed by atoms with Crippen LogP contribution in [-0.4, -0.2) is 17.6 Å². The van der Waals surface area contributed by atoms with Crippen molar-refractivity contribution in [2.75, 3.05) is 6.54 Å². The molecule has 0 saturated heterocycles. The molecule has 2 aliphatic rings. The quantitative estimate of drug-likeness (QED) is 0.885. The van der Waals surface area contributed by atoms with Gasteiger partial charge in [-0.25, -0.2) is 4.98 Å². The monoisotopic (exact) mass is 250 g/mol. The zero-order valence-corrected chi connectivity index (χ0v) is 11.6. The fourth-order valence-corrected chi connectivity index (χ4v) is 3.97. The summed E-state index contributed by atoms with van der Waals surface area (Å²) in [5.74, 6) is 1.49. The second-order valence-corrected chi connectivity index (χ2v) is 6.90. The lowest BCUT2D eigenvalue weighted by molar-refractivity contribution is 0.474. The van der Waals surface area contributed by atoms with Gasteiger partial charge < -0.3 is 5.32 Å². The van der Waals surface area contributed by atoms with Crippen LogP contribution in [0.25, 0.3) is 0 Å². The van der Waals surface area contributed by atoms with E-state index in [1.807, 2.05) is 11.3 Å². The summed E-state index contributed by atoms with van der Waals surface area (Å²) in [6.07, 6.45) is 6.70. The third-order valence-corrected chi connectivity index (χ3v) is 5.08. The molecule has 1 unspecified atom stereocenters. The Hall–Kier alpha value is -0.410. The van der Waals surface area contributed by atoms with Crippen LogP contribution in [-0.2, 0) is 6.42 Å². The van der Waals surface area contributed by atoms with Crippen LogP contribution >= 0.6 is 11.3 Å². The molecule has 1 saturated carbocycles. The molecule has 1 aromatic rings. The summed E-state index contributed by atoms with van der Waals surface area (Å²) in [5.41, 5.74) is 1.44. The largest absolute Gasteiger partial charge is 0.314 e. The number of hydrogen-bond donors (Lipinski definition) is 1. The van der Waals surface area contributed by atoms with Gasteiger partial charge in [0.25, 0.3) is 0 Å². The van der Waals surface area contributed by atoms with E-state index in [1.54, 1.807) is 4.88 Å². The molecular formula is C14H22N2S. The zero-order valence-electron chi connectivity index (χ0n) is 10.8.